The lowest BCUT2D eigenvalue weighted by atomic mass is 10.0. The molecule has 4 heteroatoms. The highest BCUT2D eigenvalue weighted by Crippen LogP contribution is 2.23. The fourth-order valence-corrected chi connectivity index (χ4v) is 2.05. The first kappa shape index (κ1) is 15.0. The topological polar surface area (TPSA) is 40.5 Å². The predicted octanol–water partition coefficient (Wildman–Crippen LogP) is 4.54. The summed E-state index contributed by atoms with van der Waals surface area (Å²) in [6, 6.07) is 7.68. The molecule has 0 bridgehead atoms. The number of amides is 1. The van der Waals surface area contributed by atoms with Gasteiger partial charge in [0.05, 0.1) is 6.04 Å². The van der Waals surface area contributed by atoms with Gasteiger partial charge in [0.15, 0.2) is 0 Å². The van der Waals surface area contributed by atoms with Gasteiger partial charge in [-0.3, -0.25) is 0 Å². The van der Waals surface area contributed by atoms with Gasteiger partial charge in [-0.25, -0.2) is 4.79 Å². The van der Waals surface area contributed by atoms with E-state index in [0.29, 0.717) is 12.5 Å². The maximum absolute atomic E-state index is 11.3. The smallest absolute Gasteiger partial charge is 0.407 e. The van der Waals surface area contributed by atoms with E-state index in [-0.39, 0.29) is 6.04 Å². The van der Waals surface area contributed by atoms with Crippen LogP contribution in [-0.2, 0) is 0 Å². The summed E-state index contributed by atoms with van der Waals surface area (Å²) in [5, 5.41) is 9.32. The molecule has 1 amide bonds. The van der Waals surface area contributed by atoms with Crippen LogP contribution in [0.2, 0.25) is 0 Å². The van der Waals surface area contributed by atoms with Gasteiger partial charge in [-0.15, -0.1) is 0 Å². The predicted molar refractivity (Wildman–Crippen MR) is 76.7 cm³/mol. The molecule has 1 N–H and O–H groups in total. The van der Waals surface area contributed by atoms with E-state index in [1.165, 1.54) is 4.90 Å². The number of nitrogens with zero attached hydrogens (tertiary/aromatic N) is 1. The summed E-state index contributed by atoms with van der Waals surface area (Å²) in [4.78, 5) is 12.9. The van der Waals surface area contributed by atoms with Crippen molar-refractivity contribution < 1.29 is 9.90 Å². The van der Waals surface area contributed by atoms with E-state index in [9.17, 15) is 9.90 Å². The molecule has 0 aliphatic heterocycles. The van der Waals surface area contributed by atoms with Gasteiger partial charge in [0.2, 0.25) is 0 Å². The van der Waals surface area contributed by atoms with Crippen LogP contribution in [0.15, 0.2) is 28.7 Å². The molecule has 0 aliphatic rings. The van der Waals surface area contributed by atoms with Crippen molar-refractivity contribution in [1.29, 1.82) is 0 Å². The minimum atomic E-state index is -0.856. The Morgan fingerprint density at radius 2 is 1.89 bits per heavy atom. The van der Waals surface area contributed by atoms with Crippen molar-refractivity contribution in [3.8, 4) is 0 Å². The highest BCUT2D eigenvalue weighted by molar-refractivity contribution is 9.10. The molecule has 1 rings (SSSR count). The normalized spacial score (nSPS) is 14.0. The van der Waals surface area contributed by atoms with Crippen LogP contribution < -0.4 is 0 Å². The number of rotatable bonds is 5. The fraction of sp³-hybridized carbons (Fsp3) is 0.500. The van der Waals surface area contributed by atoms with E-state index in [0.717, 1.165) is 16.5 Å². The molecular formula is C14H20BrNO2. The molecule has 0 radical (unpaired) electrons. The van der Waals surface area contributed by atoms with Gasteiger partial charge in [-0.2, -0.15) is 0 Å². The molecule has 0 spiro atoms. The van der Waals surface area contributed by atoms with Gasteiger partial charge in [0.1, 0.15) is 0 Å². The van der Waals surface area contributed by atoms with Crippen LogP contribution in [0.4, 0.5) is 4.79 Å². The van der Waals surface area contributed by atoms with E-state index < -0.39 is 6.09 Å². The maximum Gasteiger partial charge on any atom is 0.407 e. The van der Waals surface area contributed by atoms with Crippen LogP contribution in [0.5, 0.6) is 0 Å². The number of halogens is 1. The molecular weight excluding hydrogens is 294 g/mol. The van der Waals surface area contributed by atoms with E-state index in [1.807, 2.05) is 31.2 Å². The lowest BCUT2D eigenvalue weighted by Crippen LogP contribution is -2.35. The van der Waals surface area contributed by atoms with Crippen LogP contribution in [-0.4, -0.2) is 22.6 Å². The lowest BCUT2D eigenvalue weighted by Gasteiger charge is -2.29. The van der Waals surface area contributed by atoms with Gasteiger partial charge in [-0.05, 0) is 30.5 Å². The number of hydrogen-bond acceptors (Lipinski definition) is 1. The zero-order valence-electron chi connectivity index (χ0n) is 11.1. The lowest BCUT2D eigenvalue weighted by molar-refractivity contribution is 0.119. The molecule has 0 aliphatic carbocycles. The molecule has 0 heterocycles. The van der Waals surface area contributed by atoms with E-state index in [1.54, 1.807) is 0 Å². The second-order valence-corrected chi connectivity index (χ2v) is 5.59. The average molecular weight is 314 g/mol. The molecule has 0 unspecified atom stereocenters. The average Bonchev–Trinajstić information content (AvgIpc) is 2.35. The summed E-state index contributed by atoms with van der Waals surface area (Å²) < 4.78 is 1.00. The van der Waals surface area contributed by atoms with Gasteiger partial charge in [-0.1, -0.05) is 48.3 Å². The SMILES string of the molecule is CC[C@H](C)CN(C(=O)O)[C@H](C)c1ccc(Br)cc1. The highest BCUT2D eigenvalue weighted by atomic mass is 79.9. The van der Waals surface area contributed by atoms with Crippen LogP contribution in [0.3, 0.4) is 0 Å². The van der Waals surface area contributed by atoms with Gasteiger partial charge in [0.25, 0.3) is 0 Å². The Morgan fingerprint density at radius 1 is 1.33 bits per heavy atom. The summed E-state index contributed by atoms with van der Waals surface area (Å²) >= 11 is 3.38. The molecule has 18 heavy (non-hydrogen) atoms. The van der Waals surface area contributed by atoms with Gasteiger partial charge >= 0.3 is 6.09 Å². The summed E-state index contributed by atoms with van der Waals surface area (Å²) in [6.07, 6.45) is 0.127. The van der Waals surface area contributed by atoms with Gasteiger partial charge < -0.3 is 10.0 Å². The van der Waals surface area contributed by atoms with Crippen molar-refractivity contribution in [3.05, 3.63) is 34.3 Å². The molecule has 0 saturated carbocycles. The monoisotopic (exact) mass is 313 g/mol. The first-order chi connectivity index (χ1) is 8.45. The van der Waals surface area contributed by atoms with Crippen molar-refractivity contribution >= 4 is 22.0 Å². The van der Waals surface area contributed by atoms with E-state index in [4.69, 9.17) is 0 Å². The Labute approximate surface area is 117 Å². The van der Waals surface area contributed by atoms with Crippen LogP contribution in [0.25, 0.3) is 0 Å². The Bertz CT molecular complexity index is 391. The Morgan fingerprint density at radius 3 is 2.33 bits per heavy atom. The zero-order valence-corrected chi connectivity index (χ0v) is 12.6. The first-order valence-electron chi connectivity index (χ1n) is 6.20. The standard InChI is InChI=1S/C14H20BrNO2/c1-4-10(2)9-16(14(17)18)11(3)12-5-7-13(15)8-6-12/h5-8,10-11H,4,9H2,1-3H3,(H,17,18)/t10-,11+/m0/s1. The van der Waals surface area contributed by atoms with Gasteiger partial charge in [0, 0.05) is 11.0 Å². The van der Waals surface area contributed by atoms with Crippen molar-refractivity contribution in [1.82, 2.24) is 4.90 Å². The molecule has 1 aromatic carbocycles. The van der Waals surface area contributed by atoms with E-state index in [2.05, 4.69) is 29.8 Å². The number of benzene rings is 1. The largest absolute Gasteiger partial charge is 0.465 e. The summed E-state index contributed by atoms with van der Waals surface area (Å²) in [6.45, 7) is 6.65. The van der Waals surface area contributed by atoms with Crippen molar-refractivity contribution in [3.63, 3.8) is 0 Å². The number of carbonyl (C=O) groups is 1. The maximum atomic E-state index is 11.3. The number of hydrogen-bond donors (Lipinski definition) is 1. The van der Waals surface area contributed by atoms with Crippen LogP contribution in [0.1, 0.15) is 38.8 Å². The first-order valence-corrected chi connectivity index (χ1v) is 7.00. The van der Waals surface area contributed by atoms with Crippen molar-refractivity contribution in [2.75, 3.05) is 6.54 Å². The molecule has 0 aromatic heterocycles. The Balaban J connectivity index is 2.85. The molecule has 2 atom stereocenters. The van der Waals surface area contributed by atoms with Crippen molar-refractivity contribution in [2.24, 2.45) is 5.92 Å². The molecule has 0 saturated heterocycles. The minimum Gasteiger partial charge on any atom is -0.465 e. The Kier molecular flexibility index (Phi) is 5.66. The molecule has 100 valence electrons. The highest BCUT2D eigenvalue weighted by Gasteiger charge is 2.22. The Hall–Kier alpha value is -1.03. The summed E-state index contributed by atoms with van der Waals surface area (Å²) in [5.74, 6) is 0.374. The third-order valence-electron chi connectivity index (χ3n) is 3.27. The molecule has 3 nitrogen and oxygen atoms in total. The minimum absolute atomic E-state index is 0.121. The van der Waals surface area contributed by atoms with Crippen LogP contribution >= 0.6 is 15.9 Å². The van der Waals surface area contributed by atoms with E-state index >= 15 is 0 Å². The quantitative estimate of drug-likeness (QED) is 0.867. The summed E-state index contributed by atoms with van der Waals surface area (Å²) in [7, 11) is 0. The summed E-state index contributed by atoms with van der Waals surface area (Å²) in [5.41, 5.74) is 1.02. The second kappa shape index (κ2) is 6.78. The van der Waals surface area contributed by atoms with Crippen LogP contribution in [0, 0.1) is 5.92 Å². The number of carboxylic acid groups (broad SMARTS) is 1. The van der Waals surface area contributed by atoms with Crippen molar-refractivity contribution in [2.45, 2.75) is 33.2 Å². The fourth-order valence-electron chi connectivity index (χ4n) is 1.79. The third kappa shape index (κ3) is 4.02. The zero-order chi connectivity index (χ0) is 13.7. The second-order valence-electron chi connectivity index (χ2n) is 4.68. The third-order valence-corrected chi connectivity index (χ3v) is 3.80. The molecule has 1 aromatic rings. The molecule has 0 fully saturated rings.